The van der Waals surface area contributed by atoms with E-state index in [4.69, 9.17) is 5.11 Å². The third kappa shape index (κ3) is 1.54. The number of hydrogen-bond acceptors (Lipinski definition) is 4. The Labute approximate surface area is 74.7 Å². The number of aromatic nitrogens is 4. The second-order valence-electron chi connectivity index (χ2n) is 2.50. The highest BCUT2D eigenvalue weighted by molar-refractivity contribution is 5.24. The SMILES string of the molecule is OCc1ccnc(-n2nccn2)c1. The summed E-state index contributed by atoms with van der Waals surface area (Å²) in [6.45, 7) is -0.00319. The highest BCUT2D eigenvalue weighted by atomic mass is 16.3. The van der Waals surface area contributed by atoms with Crippen molar-refractivity contribution in [1.82, 2.24) is 20.0 Å². The van der Waals surface area contributed by atoms with Crippen LogP contribution in [0.3, 0.4) is 0 Å². The van der Waals surface area contributed by atoms with Gasteiger partial charge in [0.05, 0.1) is 19.0 Å². The van der Waals surface area contributed by atoms with Crippen molar-refractivity contribution in [2.24, 2.45) is 0 Å². The Morgan fingerprint density at radius 2 is 2.00 bits per heavy atom. The highest BCUT2D eigenvalue weighted by Crippen LogP contribution is 2.03. The normalized spacial score (nSPS) is 10.2. The molecule has 13 heavy (non-hydrogen) atoms. The second-order valence-corrected chi connectivity index (χ2v) is 2.50. The van der Waals surface area contributed by atoms with Crippen LogP contribution in [-0.4, -0.2) is 25.1 Å². The number of aliphatic hydroxyl groups excluding tert-OH is 1. The van der Waals surface area contributed by atoms with Crippen LogP contribution in [-0.2, 0) is 6.61 Å². The molecule has 0 amide bonds. The zero-order valence-electron chi connectivity index (χ0n) is 6.83. The summed E-state index contributed by atoms with van der Waals surface area (Å²) >= 11 is 0. The molecule has 0 aromatic carbocycles. The van der Waals surface area contributed by atoms with E-state index in [-0.39, 0.29) is 6.61 Å². The largest absolute Gasteiger partial charge is 0.392 e. The lowest BCUT2D eigenvalue weighted by molar-refractivity contribution is 0.281. The van der Waals surface area contributed by atoms with Crippen LogP contribution in [0, 0.1) is 0 Å². The topological polar surface area (TPSA) is 63.8 Å². The van der Waals surface area contributed by atoms with Crippen LogP contribution < -0.4 is 0 Å². The molecule has 5 nitrogen and oxygen atoms in total. The Morgan fingerprint density at radius 1 is 1.23 bits per heavy atom. The molecule has 0 atom stereocenters. The van der Waals surface area contributed by atoms with Crippen molar-refractivity contribution < 1.29 is 5.11 Å². The van der Waals surface area contributed by atoms with E-state index in [0.29, 0.717) is 5.82 Å². The first-order chi connectivity index (χ1) is 6.40. The molecular formula is C8H8N4O. The van der Waals surface area contributed by atoms with Crippen molar-refractivity contribution in [3.05, 3.63) is 36.3 Å². The first kappa shape index (κ1) is 7.88. The van der Waals surface area contributed by atoms with Crippen LogP contribution in [0.1, 0.15) is 5.56 Å². The van der Waals surface area contributed by atoms with Crippen molar-refractivity contribution in [1.29, 1.82) is 0 Å². The number of pyridine rings is 1. The van der Waals surface area contributed by atoms with E-state index < -0.39 is 0 Å². The molecule has 0 aliphatic heterocycles. The fraction of sp³-hybridized carbons (Fsp3) is 0.125. The van der Waals surface area contributed by atoms with E-state index in [9.17, 15) is 0 Å². The average molecular weight is 176 g/mol. The predicted octanol–water partition coefficient (Wildman–Crippen LogP) is 0.155. The van der Waals surface area contributed by atoms with E-state index in [2.05, 4.69) is 15.2 Å². The molecular weight excluding hydrogens is 168 g/mol. The fourth-order valence-corrected chi connectivity index (χ4v) is 1.00. The third-order valence-electron chi connectivity index (χ3n) is 1.62. The van der Waals surface area contributed by atoms with Gasteiger partial charge in [-0.05, 0) is 17.7 Å². The summed E-state index contributed by atoms with van der Waals surface area (Å²) in [4.78, 5) is 5.46. The minimum atomic E-state index is -0.00319. The van der Waals surface area contributed by atoms with Crippen molar-refractivity contribution in [2.75, 3.05) is 0 Å². The first-order valence-corrected chi connectivity index (χ1v) is 3.82. The van der Waals surface area contributed by atoms with Gasteiger partial charge in [0, 0.05) is 6.20 Å². The van der Waals surface area contributed by atoms with Crippen LogP contribution in [0.4, 0.5) is 0 Å². The monoisotopic (exact) mass is 176 g/mol. The van der Waals surface area contributed by atoms with Gasteiger partial charge in [0.25, 0.3) is 0 Å². The summed E-state index contributed by atoms with van der Waals surface area (Å²) < 4.78 is 0. The molecule has 66 valence electrons. The van der Waals surface area contributed by atoms with Gasteiger partial charge in [0.2, 0.25) is 0 Å². The van der Waals surface area contributed by atoms with Gasteiger partial charge >= 0.3 is 0 Å². The Balaban J connectivity index is 2.41. The van der Waals surface area contributed by atoms with Crippen LogP contribution >= 0.6 is 0 Å². The van der Waals surface area contributed by atoms with Crippen LogP contribution in [0.5, 0.6) is 0 Å². The minimum Gasteiger partial charge on any atom is -0.392 e. The third-order valence-corrected chi connectivity index (χ3v) is 1.62. The quantitative estimate of drug-likeness (QED) is 0.707. The van der Waals surface area contributed by atoms with Gasteiger partial charge in [0.15, 0.2) is 5.82 Å². The minimum absolute atomic E-state index is 0.00319. The van der Waals surface area contributed by atoms with E-state index in [1.165, 1.54) is 4.80 Å². The predicted molar refractivity (Wildman–Crippen MR) is 45.1 cm³/mol. The maximum Gasteiger partial charge on any atom is 0.174 e. The van der Waals surface area contributed by atoms with Gasteiger partial charge in [-0.15, -0.1) is 4.80 Å². The van der Waals surface area contributed by atoms with Crippen molar-refractivity contribution >= 4 is 0 Å². The van der Waals surface area contributed by atoms with Gasteiger partial charge in [-0.2, -0.15) is 10.2 Å². The standard InChI is InChI=1S/C8H8N4O/c13-6-7-1-2-9-8(5-7)12-10-3-4-11-12/h1-5,13H,6H2. The van der Waals surface area contributed by atoms with Gasteiger partial charge < -0.3 is 5.11 Å². The molecule has 0 fully saturated rings. The molecule has 0 saturated carbocycles. The summed E-state index contributed by atoms with van der Waals surface area (Å²) in [5.74, 6) is 0.608. The van der Waals surface area contributed by atoms with Gasteiger partial charge in [0.1, 0.15) is 0 Å². The fourth-order valence-electron chi connectivity index (χ4n) is 1.00. The molecule has 0 bridgehead atoms. The molecule has 0 unspecified atom stereocenters. The summed E-state index contributed by atoms with van der Waals surface area (Å²) in [7, 11) is 0. The second kappa shape index (κ2) is 3.32. The van der Waals surface area contributed by atoms with Crippen molar-refractivity contribution in [2.45, 2.75) is 6.61 Å². The number of rotatable bonds is 2. The molecule has 2 aromatic rings. The molecule has 0 radical (unpaired) electrons. The van der Waals surface area contributed by atoms with E-state index >= 15 is 0 Å². The molecule has 2 aromatic heterocycles. The average Bonchev–Trinajstić information content (AvgIpc) is 2.71. The molecule has 1 N–H and O–H groups in total. The summed E-state index contributed by atoms with van der Waals surface area (Å²) in [5, 5.41) is 16.7. The lowest BCUT2D eigenvalue weighted by atomic mass is 10.3. The smallest absolute Gasteiger partial charge is 0.174 e. The molecule has 2 rings (SSSR count). The highest BCUT2D eigenvalue weighted by Gasteiger charge is 1.99. The summed E-state index contributed by atoms with van der Waals surface area (Å²) in [6, 6.07) is 3.48. The summed E-state index contributed by atoms with van der Waals surface area (Å²) in [5.41, 5.74) is 0.794. The maximum absolute atomic E-state index is 8.88. The number of nitrogens with zero attached hydrogens (tertiary/aromatic N) is 4. The van der Waals surface area contributed by atoms with Crippen LogP contribution in [0.2, 0.25) is 0 Å². The molecule has 2 heterocycles. The van der Waals surface area contributed by atoms with Crippen LogP contribution in [0.25, 0.3) is 5.82 Å². The van der Waals surface area contributed by atoms with Gasteiger partial charge in [-0.1, -0.05) is 0 Å². The Kier molecular flexibility index (Phi) is 2.01. The first-order valence-electron chi connectivity index (χ1n) is 3.82. The zero-order chi connectivity index (χ0) is 9.10. The lowest BCUT2D eigenvalue weighted by Crippen LogP contribution is -2.01. The Bertz CT molecular complexity index is 385. The number of hydrogen-bond donors (Lipinski definition) is 1. The molecule has 0 saturated heterocycles. The molecule has 0 aliphatic rings. The Morgan fingerprint density at radius 3 is 2.69 bits per heavy atom. The molecule has 0 aliphatic carbocycles. The molecule has 0 spiro atoms. The van der Waals surface area contributed by atoms with E-state index in [0.717, 1.165) is 5.56 Å². The van der Waals surface area contributed by atoms with Crippen molar-refractivity contribution in [3.8, 4) is 5.82 Å². The van der Waals surface area contributed by atoms with Crippen LogP contribution in [0.15, 0.2) is 30.7 Å². The molecule has 5 heteroatoms. The van der Waals surface area contributed by atoms with Gasteiger partial charge in [-0.25, -0.2) is 4.98 Å². The maximum atomic E-state index is 8.88. The Hall–Kier alpha value is -1.75. The van der Waals surface area contributed by atoms with E-state index in [1.54, 1.807) is 30.7 Å². The number of aliphatic hydroxyl groups is 1. The van der Waals surface area contributed by atoms with E-state index in [1.807, 2.05) is 0 Å². The van der Waals surface area contributed by atoms with Gasteiger partial charge in [-0.3, -0.25) is 0 Å². The zero-order valence-corrected chi connectivity index (χ0v) is 6.83. The van der Waals surface area contributed by atoms with Crippen molar-refractivity contribution in [3.63, 3.8) is 0 Å². The summed E-state index contributed by atoms with van der Waals surface area (Å²) in [6.07, 6.45) is 4.77. The lowest BCUT2D eigenvalue weighted by Gasteiger charge is -1.99.